The molecule has 0 spiro atoms. The van der Waals surface area contributed by atoms with Gasteiger partial charge in [-0.3, -0.25) is 4.79 Å². The lowest BCUT2D eigenvalue weighted by Gasteiger charge is -2.03. The highest BCUT2D eigenvalue weighted by atomic mass is 79.9. The number of ether oxygens (including phenoxy) is 2. The van der Waals surface area contributed by atoms with Crippen LogP contribution < -0.4 is 14.9 Å². The predicted octanol–water partition coefficient (Wildman–Crippen LogP) is 3.26. The molecule has 0 radical (unpaired) electrons. The predicted molar refractivity (Wildman–Crippen MR) is 90.8 cm³/mol. The molecule has 0 atom stereocenters. The third-order valence-corrected chi connectivity index (χ3v) is 3.88. The monoisotopic (exact) mass is 374 g/mol. The summed E-state index contributed by atoms with van der Waals surface area (Å²) in [5.41, 5.74) is 4.48. The summed E-state index contributed by atoms with van der Waals surface area (Å²) in [6.07, 6.45) is 2.60. The minimum absolute atomic E-state index is 0.129. The molecule has 118 valence electrons. The van der Waals surface area contributed by atoms with Crippen molar-refractivity contribution in [2.75, 3.05) is 6.79 Å². The van der Waals surface area contributed by atoms with Crippen LogP contribution in [-0.4, -0.2) is 18.9 Å². The zero-order valence-corrected chi connectivity index (χ0v) is 13.9. The Morgan fingerprint density at radius 1 is 1.17 bits per heavy atom. The van der Waals surface area contributed by atoms with Crippen molar-refractivity contribution in [3.63, 3.8) is 0 Å². The third kappa shape index (κ3) is 4.32. The normalized spacial score (nSPS) is 12.6. The fourth-order valence-corrected chi connectivity index (χ4v) is 2.40. The summed E-state index contributed by atoms with van der Waals surface area (Å²) in [5, 5.41) is 3.96. The van der Waals surface area contributed by atoms with Crippen LogP contribution in [0.1, 0.15) is 17.5 Å². The average Bonchev–Trinajstić information content (AvgIpc) is 3.02. The van der Waals surface area contributed by atoms with E-state index in [1.807, 2.05) is 42.5 Å². The van der Waals surface area contributed by atoms with E-state index in [2.05, 4.69) is 26.5 Å². The Balaban J connectivity index is 1.47. The molecule has 2 aromatic rings. The van der Waals surface area contributed by atoms with Gasteiger partial charge in [-0.15, -0.1) is 0 Å². The SMILES string of the molecule is O=C(CCc1ccc2c(c1)OCO2)N/N=C/c1ccc(Br)cc1. The Bertz CT molecular complexity index is 729. The highest BCUT2D eigenvalue weighted by molar-refractivity contribution is 9.10. The lowest BCUT2D eigenvalue weighted by atomic mass is 10.1. The Kier molecular flexibility index (Phi) is 4.92. The number of halogens is 1. The van der Waals surface area contributed by atoms with Crippen molar-refractivity contribution in [1.29, 1.82) is 0 Å². The van der Waals surface area contributed by atoms with Gasteiger partial charge in [0.15, 0.2) is 11.5 Å². The number of hydrogen-bond acceptors (Lipinski definition) is 4. The van der Waals surface area contributed by atoms with Crippen molar-refractivity contribution in [2.24, 2.45) is 5.10 Å². The number of carbonyl (C=O) groups is 1. The van der Waals surface area contributed by atoms with Gasteiger partial charge in [0.05, 0.1) is 6.21 Å². The molecular formula is C17H15BrN2O3. The molecule has 1 heterocycles. The standard InChI is InChI=1S/C17H15BrN2O3/c18-14-5-1-13(2-6-14)10-19-20-17(21)8-4-12-3-7-15-16(9-12)23-11-22-15/h1-3,5-7,9-10H,4,8,11H2,(H,20,21)/b19-10+. The molecule has 5 nitrogen and oxygen atoms in total. The van der Waals surface area contributed by atoms with Gasteiger partial charge in [-0.25, -0.2) is 5.43 Å². The number of amides is 1. The Hall–Kier alpha value is -2.34. The van der Waals surface area contributed by atoms with Crippen molar-refractivity contribution in [2.45, 2.75) is 12.8 Å². The second-order valence-electron chi connectivity index (χ2n) is 5.03. The van der Waals surface area contributed by atoms with Crippen LogP contribution in [-0.2, 0) is 11.2 Å². The fourth-order valence-electron chi connectivity index (χ4n) is 2.14. The van der Waals surface area contributed by atoms with Crippen LogP contribution in [0.2, 0.25) is 0 Å². The number of aryl methyl sites for hydroxylation is 1. The summed E-state index contributed by atoms with van der Waals surface area (Å²) < 4.78 is 11.6. The summed E-state index contributed by atoms with van der Waals surface area (Å²) in [6.45, 7) is 0.254. The van der Waals surface area contributed by atoms with Crippen LogP contribution in [0.25, 0.3) is 0 Å². The number of carbonyl (C=O) groups excluding carboxylic acids is 1. The number of hydrazone groups is 1. The number of fused-ring (bicyclic) bond motifs is 1. The number of rotatable bonds is 5. The zero-order valence-electron chi connectivity index (χ0n) is 12.3. The van der Waals surface area contributed by atoms with Crippen molar-refractivity contribution in [1.82, 2.24) is 5.43 Å². The minimum Gasteiger partial charge on any atom is -0.454 e. The number of nitrogens with zero attached hydrogens (tertiary/aromatic N) is 1. The van der Waals surface area contributed by atoms with E-state index in [0.29, 0.717) is 12.8 Å². The van der Waals surface area contributed by atoms with E-state index < -0.39 is 0 Å². The first-order valence-corrected chi connectivity index (χ1v) is 7.96. The first-order valence-electron chi connectivity index (χ1n) is 7.17. The topological polar surface area (TPSA) is 59.9 Å². The number of hydrogen-bond donors (Lipinski definition) is 1. The first-order chi connectivity index (χ1) is 11.2. The van der Waals surface area contributed by atoms with E-state index in [1.165, 1.54) is 0 Å². The highest BCUT2D eigenvalue weighted by Crippen LogP contribution is 2.32. The molecule has 1 aliphatic heterocycles. The summed E-state index contributed by atoms with van der Waals surface area (Å²) >= 11 is 3.37. The van der Waals surface area contributed by atoms with Crippen LogP contribution in [0, 0.1) is 0 Å². The Morgan fingerprint density at radius 2 is 1.96 bits per heavy atom. The smallest absolute Gasteiger partial charge is 0.240 e. The van der Waals surface area contributed by atoms with Crippen LogP contribution in [0.15, 0.2) is 52.0 Å². The van der Waals surface area contributed by atoms with Crippen molar-refractivity contribution in [3.05, 3.63) is 58.1 Å². The van der Waals surface area contributed by atoms with E-state index in [4.69, 9.17) is 9.47 Å². The molecule has 1 N–H and O–H groups in total. The van der Waals surface area contributed by atoms with Gasteiger partial charge in [-0.05, 0) is 41.8 Å². The molecule has 0 saturated carbocycles. The van der Waals surface area contributed by atoms with Crippen LogP contribution in [0.4, 0.5) is 0 Å². The van der Waals surface area contributed by atoms with E-state index >= 15 is 0 Å². The van der Waals surface area contributed by atoms with Gasteiger partial charge < -0.3 is 9.47 Å². The molecule has 23 heavy (non-hydrogen) atoms. The fraction of sp³-hybridized carbons (Fsp3) is 0.176. The molecule has 1 aliphatic rings. The molecule has 0 aromatic heterocycles. The quantitative estimate of drug-likeness (QED) is 0.645. The first kappa shape index (κ1) is 15.6. The molecule has 1 amide bonds. The van der Waals surface area contributed by atoms with Crippen molar-refractivity contribution >= 4 is 28.1 Å². The lowest BCUT2D eigenvalue weighted by Crippen LogP contribution is -2.17. The second-order valence-corrected chi connectivity index (χ2v) is 5.95. The van der Waals surface area contributed by atoms with Gasteiger partial charge in [0.25, 0.3) is 0 Å². The summed E-state index contributed by atoms with van der Waals surface area (Å²) in [5.74, 6) is 1.35. The maximum Gasteiger partial charge on any atom is 0.240 e. The maximum atomic E-state index is 11.8. The number of nitrogens with one attached hydrogen (secondary N) is 1. The van der Waals surface area contributed by atoms with Crippen molar-refractivity contribution in [3.8, 4) is 11.5 Å². The molecule has 0 aliphatic carbocycles. The average molecular weight is 375 g/mol. The van der Waals surface area contributed by atoms with Gasteiger partial charge in [0, 0.05) is 10.9 Å². The molecule has 0 bridgehead atoms. The molecular weight excluding hydrogens is 360 g/mol. The zero-order chi connectivity index (χ0) is 16.1. The van der Waals surface area contributed by atoms with Crippen molar-refractivity contribution < 1.29 is 14.3 Å². The molecule has 0 fully saturated rings. The maximum absolute atomic E-state index is 11.8. The van der Waals surface area contributed by atoms with E-state index in [1.54, 1.807) is 6.21 Å². The Labute approximate surface area is 142 Å². The van der Waals surface area contributed by atoms with E-state index in [-0.39, 0.29) is 12.7 Å². The molecule has 0 saturated heterocycles. The second kappa shape index (κ2) is 7.28. The van der Waals surface area contributed by atoms with Gasteiger partial charge in [0.1, 0.15) is 0 Å². The summed E-state index contributed by atoms with van der Waals surface area (Å²) in [6, 6.07) is 13.4. The minimum atomic E-state index is -0.129. The summed E-state index contributed by atoms with van der Waals surface area (Å²) in [4.78, 5) is 11.8. The van der Waals surface area contributed by atoms with E-state index in [9.17, 15) is 4.79 Å². The van der Waals surface area contributed by atoms with Crippen LogP contribution in [0.5, 0.6) is 11.5 Å². The molecule has 6 heteroatoms. The third-order valence-electron chi connectivity index (χ3n) is 3.35. The molecule has 3 rings (SSSR count). The van der Waals surface area contributed by atoms with Gasteiger partial charge in [-0.1, -0.05) is 34.1 Å². The van der Waals surface area contributed by atoms with Crippen LogP contribution in [0.3, 0.4) is 0 Å². The Morgan fingerprint density at radius 3 is 2.78 bits per heavy atom. The van der Waals surface area contributed by atoms with E-state index in [0.717, 1.165) is 27.1 Å². The number of benzene rings is 2. The van der Waals surface area contributed by atoms with Crippen LogP contribution >= 0.6 is 15.9 Å². The van der Waals surface area contributed by atoms with Gasteiger partial charge in [0.2, 0.25) is 12.7 Å². The van der Waals surface area contributed by atoms with Gasteiger partial charge >= 0.3 is 0 Å². The molecule has 0 unspecified atom stereocenters. The molecule has 2 aromatic carbocycles. The lowest BCUT2D eigenvalue weighted by molar-refractivity contribution is -0.121. The largest absolute Gasteiger partial charge is 0.454 e. The van der Waals surface area contributed by atoms with Gasteiger partial charge in [-0.2, -0.15) is 5.10 Å². The summed E-state index contributed by atoms with van der Waals surface area (Å²) in [7, 11) is 0. The highest BCUT2D eigenvalue weighted by Gasteiger charge is 2.13.